The zero-order valence-corrected chi connectivity index (χ0v) is 12.0. The second kappa shape index (κ2) is 6.75. The van der Waals surface area contributed by atoms with Gasteiger partial charge in [-0.25, -0.2) is 0 Å². The molecule has 0 saturated carbocycles. The lowest BCUT2D eigenvalue weighted by Crippen LogP contribution is -2.28. The zero-order chi connectivity index (χ0) is 14.5. The molecule has 0 spiro atoms. The molecule has 104 valence electrons. The monoisotopic (exact) mass is 309 g/mol. The summed E-state index contributed by atoms with van der Waals surface area (Å²) in [5.74, 6) is -0.368. The highest BCUT2D eigenvalue weighted by molar-refractivity contribution is 6.35. The van der Waals surface area contributed by atoms with Crippen LogP contribution < -0.4 is 5.32 Å². The van der Waals surface area contributed by atoms with Crippen LogP contribution >= 0.6 is 23.2 Å². The Morgan fingerprint density at radius 2 is 1.85 bits per heavy atom. The van der Waals surface area contributed by atoms with Crippen LogP contribution in [0.1, 0.15) is 22.0 Å². The number of rotatable bonds is 4. The van der Waals surface area contributed by atoms with Gasteiger partial charge in [-0.2, -0.15) is 0 Å². The molecule has 0 fully saturated rings. The van der Waals surface area contributed by atoms with Gasteiger partial charge in [-0.05, 0) is 23.8 Å². The molecule has 2 aromatic rings. The highest BCUT2D eigenvalue weighted by atomic mass is 35.5. The van der Waals surface area contributed by atoms with Gasteiger partial charge in [0.2, 0.25) is 0 Å². The Bertz CT molecular complexity index is 602. The fraction of sp³-hybridized carbons (Fsp3) is 0.133. The van der Waals surface area contributed by atoms with Gasteiger partial charge in [0.25, 0.3) is 5.91 Å². The van der Waals surface area contributed by atoms with E-state index < -0.39 is 6.10 Å². The number of carbonyl (C=O) groups is 1. The zero-order valence-electron chi connectivity index (χ0n) is 10.5. The first kappa shape index (κ1) is 14.9. The third-order valence-electron chi connectivity index (χ3n) is 2.81. The molecule has 0 radical (unpaired) electrons. The van der Waals surface area contributed by atoms with E-state index >= 15 is 0 Å². The van der Waals surface area contributed by atoms with Gasteiger partial charge in [-0.3, -0.25) is 4.79 Å². The molecule has 5 heteroatoms. The molecular weight excluding hydrogens is 297 g/mol. The number of nitrogens with one attached hydrogen (secondary N) is 1. The van der Waals surface area contributed by atoms with E-state index in [2.05, 4.69) is 5.32 Å². The minimum absolute atomic E-state index is 0.103. The van der Waals surface area contributed by atoms with Gasteiger partial charge < -0.3 is 10.4 Å². The number of benzene rings is 2. The van der Waals surface area contributed by atoms with Gasteiger partial charge in [0.1, 0.15) is 0 Å². The molecule has 0 aliphatic heterocycles. The molecule has 0 bridgehead atoms. The summed E-state index contributed by atoms with van der Waals surface area (Å²) in [5, 5.41) is 13.4. The van der Waals surface area contributed by atoms with Crippen LogP contribution in [0, 0.1) is 0 Å². The quantitative estimate of drug-likeness (QED) is 0.908. The van der Waals surface area contributed by atoms with Gasteiger partial charge in [-0.1, -0.05) is 53.5 Å². The predicted molar refractivity (Wildman–Crippen MR) is 80.2 cm³/mol. The van der Waals surface area contributed by atoms with Crippen molar-refractivity contribution in [2.24, 2.45) is 0 Å². The van der Waals surface area contributed by atoms with Crippen LogP contribution in [-0.4, -0.2) is 17.6 Å². The molecule has 0 saturated heterocycles. The summed E-state index contributed by atoms with van der Waals surface area (Å²) in [6.45, 7) is 0.103. The summed E-state index contributed by atoms with van der Waals surface area (Å²) in [4.78, 5) is 12.0. The van der Waals surface area contributed by atoms with Crippen molar-refractivity contribution in [1.82, 2.24) is 5.32 Å². The minimum atomic E-state index is -0.766. The number of amides is 1. The number of hydrogen-bond acceptors (Lipinski definition) is 2. The van der Waals surface area contributed by atoms with E-state index in [0.717, 1.165) is 5.56 Å². The van der Waals surface area contributed by atoms with Gasteiger partial charge in [0.15, 0.2) is 0 Å². The lowest BCUT2D eigenvalue weighted by Gasteiger charge is -2.12. The van der Waals surface area contributed by atoms with E-state index in [4.69, 9.17) is 23.2 Å². The maximum Gasteiger partial charge on any atom is 0.252 e. The molecular formula is C15H13Cl2NO2. The highest BCUT2D eigenvalue weighted by Gasteiger charge is 2.13. The SMILES string of the molecule is O=C(NCC(O)c1ccccc1)c1cc(Cl)ccc1Cl. The van der Waals surface area contributed by atoms with Crippen molar-refractivity contribution in [3.8, 4) is 0 Å². The van der Waals surface area contributed by atoms with Gasteiger partial charge >= 0.3 is 0 Å². The van der Waals surface area contributed by atoms with Crippen LogP contribution in [0.2, 0.25) is 10.0 Å². The second-order valence-electron chi connectivity index (χ2n) is 4.26. The van der Waals surface area contributed by atoms with Crippen molar-refractivity contribution in [3.63, 3.8) is 0 Å². The lowest BCUT2D eigenvalue weighted by molar-refractivity contribution is 0.0916. The van der Waals surface area contributed by atoms with Gasteiger partial charge in [-0.15, -0.1) is 0 Å². The third kappa shape index (κ3) is 3.73. The number of halogens is 2. The molecule has 0 aromatic heterocycles. The largest absolute Gasteiger partial charge is 0.387 e. The molecule has 0 heterocycles. The van der Waals surface area contributed by atoms with Crippen molar-refractivity contribution in [2.45, 2.75) is 6.10 Å². The number of aliphatic hydroxyl groups is 1. The van der Waals surface area contributed by atoms with E-state index in [-0.39, 0.29) is 12.5 Å². The first-order valence-corrected chi connectivity index (χ1v) is 6.80. The average molecular weight is 310 g/mol. The van der Waals surface area contributed by atoms with E-state index in [1.165, 1.54) is 6.07 Å². The Labute approximate surface area is 127 Å². The fourth-order valence-electron chi connectivity index (χ4n) is 1.75. The van der Waals surface area contributed by atoms with E-state index in [1.807, 2.05) is 18.2 Å². The van der Waals surface area contributed by atoms with Crippen molar-refractivity contribution in [3.05, 3.63) is 69.7 Å². The predicted octanol–water partition coefficient (Wildman–Crippen LogP) is 3.46. The number of carbonyl (C=O) groups excluding carboxylic acids is 1. The molecule has 20 heavy (non-hydrogen) atoms. The fourth-order valence-corrected chi connectivity index (χ4v) is 2.12. The molecule has 2 rings (SSSR count). The minimum Gasteiger partial charge on any atom is -0.387 e. The smallest absolute Gasteiger partial charge is 0.252 e. The van der Waals surface area contributed by atoms with Crippen molar-refractivity contribution >= 4 is 29.1 Å². The molecule has 1 unspecified atom stereocenters. The molecule has 2 aromatic carbocycles. The maximum atomic E-state index is 12.0. The molecule has 2 N–H and O–H groups in total. The number of aliphatic hydroxyl groups excluding tert-OH is 1. The van der Waals surface area contributed by atoms with Crippen LogP contribution in [-0.2, 0) is 0 Å². The summed E-state index contributed by atoms with van der Waals surface area (Å²) in [7, 11) is 0. The topological polar surface area (TPSA) is 49.3 Å². The van der Waals surface area contributed by atoms with Crippen molar-refractivity contribution in [2.75, 3.05) is 6.54 Å². The van der Waals surface area contributed by atoms with Crippen LogP contribution in [0.25, 0.3) is 0 Å². The molecule has 0 aliphatic carbocycles. The van der Waals surface area contributed by atoms with Crippen LogP contribution in [0.15, 0.2) is 48.5 Å². The number of hydrogen-bond donors (Lipinski definition) is 2. The maximum absolute atomic E-state index is 12.0. The summed E-state index contributed by atoms with van der Waals surface area (Å²) in [6.07, 6.45) is -0.766. The lowest BCUT2D eigenvalue weighted by atomic mass is 10.1. The van der Waals surface area contributed by atoms with E-state index in [0.29, 0.717) is 15.6 Å². The molecule has 1 amide bonds. The van der Waals surface area contributed by atoms with Crippen LogP contribution in [0.3, 0.4) is 0 Å². The Balaban J connectivity index is 2.00. The van der Waals surface area contributed by atoms with Crippen molar-refractivity contribution < 1.29 is 9.90 Å². The van der Waals surface area contributed by atoms with Crippen LogP contribution in [0.5, 0.6) is 0 Å². The van der Waals surface area contributed by atoms with E-state index in [9.17, 15) is 9.90 Å². The second-order valence-corrected chi connectivity index (χ2v) is 5.10. The average Bonchev–Trinajstić information content (AvgIpc) is 2.47. The molecule has 1 atom stereocenters. The Morgan fingerprint density at radius 3 is 2.55 bits per heavy atom. The van der Waals surface area contributed by atoms with Crippen LogP contribution in [0.4, 0.5) is 0 Å². The first-order chi connectivity index (χ1) is 9.58. The molecule has 0 aliphatic rings. The Morgan fingerprint density at radius 1 is 1.15 bits per heavy atom. The van der Waals surface area contributed by atoms with Gasteiger partial charge in [0.05, 0.1) is 16.7 Å². The summed E-state index contributed by atoms with van der Waals surface area (Å²) >= 11 is 11.8. The Hall–Kier alpha value is -1.55. The van der Waals surface area contributed by atoms with Gasteiger partial charge in [0, 0.05) is 11.6 Å². The summed E-state index contributed by atoms with van der Waals surface area (Å²) in [5.41, 5.74) is 1.03. The summed E-state index contributed by atoms with van der Waals surface area (Å²) < 4.78 is 0. The Kier molecular flexibility index (Phi) is 5.01. The third-order valence-corrected chi connectivity index (χ3v) is 3.38. The highest BCUT2D eigenvalue weighted by Crippen LogP contribution is 2.20. The van der Waals surface area contributed by atoms with Crippen molar-refractivity contribution in [1.29, 1.82) is 0 Å². The molecule has 3 nitrogen and oxygen atoms in total. The normalized spacial score (nSPS) is 11.9. The first-order valence-electron chi connectivity index (χ1n) is 6.04. The summed E-state index contributed by atoms with van der Waals surface area (Å²) in [6, 6.07) is 13.8. The standard InChI is InChI=1S/C15H13Cl2NO2/c16-11-6-7-13(17)12(8-11)15(20)18-9-14(19)10-4-2-1-3-5-10/h1-8,14,19H,9H2,(H,18,20). The van der Waals surface area contributed by atoms with E-state index in [1.54, 1.807) is 24.3 Å².